The van der Waals surface area contributed by atoms with E-state index in [9.17, 15) is 27.6 Å². The summed E-state index contributed by atoms with van der Waals surface area (Å²) in [5.74, 6) is -2.31. The molecule has 5 amide bonds. The Morgan fingerprint density at radius 3 is 2.02 bits per heavy atom. The van der Waals surface area contributed by atoms with Gasteiger partial charge in [0.05, 0.1) is 22.1 Å². The van der Waals surface area contributed by atoms with Gasteiger partial charge < -0.3 is 26.2 Å². The summed E-state index contributed by atoms with van der Waals surface area (Å²) >= 11 is 0. The van der Waals surface area contributed by atoms with Crippen LogP contribution >= 0.6 is 0 Å². The van der Waals surface area contributed by atoms with E-state index >= 15 is 4.79 Å². The Kier molecular flexibility index (Phi) is 12.4. The average Bonchev–Trinajstić information content (AvgIpc) is 3.83. The molecule has 1 heterocycles. The minimum absolute atomic E-state index is 0.00792. The van der Waals surface area contributed by atoms with Crippen LogP contribution in [0.3, 0.4) is 0 Å². The van der Waals surface area contributed by atoms with Crippen LogP contribution in [0.1, 0.15) is 151 Å². The van der Waals surface area contributed by atoms with Crippen LogP contribution in [0.2, 0.25) is 0 Å². The van der Waals surface area contributed by atoms with Gasteiger partial charge in [-0.2, -0.15) is 0 Å². The van der Waals surface area contributed by atoms with Gasteiger partial charge in [-0.25, -0.2) is 13.2 Å². The number of hydrogen-bond acceptors (Lipinski definition) is 7. The Morgan fingerprint density at radius 2 is 1.47 bits per heavy atom. The van der Waals surface area contributed by atoms with Gasteiger partial charge in [-0.15, -0.1) is 0 Å². The molecule has 5 atom stereocenters. The molecule has 0 aromatic carbocycles. The molecule has 4 saturated carbocycles. The maximum atomic E-state index is 15.1. The highest BCUT2D eigenvalue weighted by Crippen LogP contribution is 2.57. The van der Waals surface area contributed by atoms with Gasteiger partial charge in [0, 0.05) is 12.6 Å². The summed E-state index contributed by atoms with van der Waals surface area (Å²) in [7, 11) is -3.57. The second-order valence-electron chi connectivity index (χ2n) is 19.2. The predicted molar refractivity (Wildman–Crippen MR) is 205 cm³/mol. The number of ketones is 1. The van der Waals surface area contributed by atoms with Crippen molar-refractivity contribution < 1.29 is 32.4 Å². The minimum atomic E-state index is -3.57. The molecule has 53 heavy (non-hydrogen) atoms. The molecule has 4 N–H and O–H groups in total. The SMILES string of the molecule is CCCC[C@H](NC(=O)[C@@H]1C2CC(C)(C)[C@H]2CN1C(=O)[C@@H](NC(=O)NC1(CS(=O)(=O)C(C)(C)C)CCCCC1)C1(C)CCCCC1)C(=O)C(=O)NC1CC1. The largest absolute Gasteiger partial charge is 0.347 e. The lowest BCUT2D eigenvalue weighted by molar-refractivity contribution is -0.145. The number of carbonyl (C=O) groups is 5. The fraction of sp³-hybridized carbons (Fsp3) is 0.875. The molecule has 1 aliphatic heterocycles. The standard InChI is InChI=1S/C40H67N5O7S/c1-8-9-16-29(31(46)34(48)41-26-17-18-26)42-33(47)30-27-23-38(5,6)28(27)24-45(30)35(49)32(39(7)19-12-10-13-20-39)43-36(50)44-40(21-14-11-15-22-40)25-53(51,52)37(2,3)4/h26-30,32H,8-25H2,1-7H3,(H,41,48)(H,42,47)(H2,43,44,50)/t27?,28-,29-,30-,32+/m0/s1. The van der Waals surface area contributed by atoms with Crippen molar-refractivity contribution in [2.75, 3.05) is 12.3 Å². The van der Waals surface area contributed by atoms with E-state index < -0.39 is 67.3 Å². The fourth-order valence-corrected chi connectivity index (χ4v) is 11.1. The molecule has 0 bridgehead atoms. The van der Waals surface area contributed by atoms with Crippen molar-refractivity contribution in [2.45, 2.75) is 186 Å². The van der Waals surface area contributed by atoms with Crippen LogP contribution in [-0.4, -0.2) is 89.6 Å². The van der Waals surface area contributed by atoms with E-state index in [2.05, 4.69) is 35.1 Å². The van der Waals surface area contributed by atoms with Crippen LogP contribution in [0.15, 0.2) is 0 Å². The van der Waals surface area contributed by atoms with Crippen molar-refractivity contribution in [3.8, 4) is 0 Å². The third-order valence-corrected chi connectivity index (χ3v) is 16.2. The number of nitrogens with one attached hydrogen (secondary N) is 4. The molecule has 5 aliphatic rings. The van der Waals surface area contributed by atoms with E-state index in [0.29, 0.717) is 32.2 Å². The number of Topliss-reactive ketones (excluding diaryl/α,β-unsaturated/α-hetero) is 1. The van der Waals surface area contributed by atoms with E-state index in [4.69, 9.17) is 0 Å². The molecule has 1 saturated heterocycles. The second-order valence-corrected chi connectivity index (χ2v) is 21.9. The van der Waals surface area contributed by atoms with Crippen LogP contribution in [0.4, 0.5) is 4.79 Å². The summed E-state index contributed by atoms with van der Waals surface area (Å²) in [5.41, 5.74) is -1.62. The zero-order valence-corrected chi connectivity index (χ0v) is 34.2. The molecule has 300 valence electrons. The van der Waals surface area contributed by atoms with Gasteiger partial charge in [-0.3, -0.25) is 19.2 Å². The number of fused-ring (bicyclic) bond motifs is 1. The van der Waals surface area contributed by atoms with Gasteiger partial charge in [-0.05, 0) is 94.8 Å². The lowest BCUT2D eigenvalue weighted by atomic mass is 9.55. The zero-order valence-electron chi connectivity index (χ0n) is 33.4. The number of nitrogens with zero attached hydrogens (tertiary/aromatic N) is 1. The normalized spacial score (nSPS) is 27.3. The maximum absolute atomic E-state index is 15.1. The Bertz CT molecular complexity index is 1500. The van der Waals surface area contributed by atoms with Gasteiger partial charge in [0.15, 0.2) is 9.84 Å². The van der Waals surface area contributed by atoms with Crippen molar-refractivity contribution in [1.82, 2.24) is 26.2 Å². The van der Waals surface area contributed by atoms with Crippen LogP contribution in [0.5, 0.6) is 0 Å². The van der Waals surface area contributed by atoms with Gasteiger partial charge in [0.25, 0.3) is 5.91 Å². The molecule has 12 nitrogen and oxygen atoms in total. The number of unbranched alkanes of at least 4 members (excludes halogenated alkanes) is 1. The fourth-order valence-electron chi connectivity index (χ4n) is 9.60. The summed E-state index contributed by atoms with van der Waals surface area (Å²) in [4.78, 5) is 71.4. The average molecular weight is 762 g/mol. The van der Waals surface area contributed by atoms with Crippen molar-refractivity contribution in [2.24, 2.45) is 22.7 Å². The lowest BCUT2D eigenvalue weighted by Gasteiger charge is -2.48. The summed E-state index contributed by atoms with van der Waals surface area (Å²) in [5, 5.41) is 11.9. The first-order chi connectivity index (χ1) is 24.7. The minimum Gasteiger partial charge on any atom is -0.347 e. The topological polar surface area (TPSA) is 171 Å². The number of likely N-dealkylation sites (tertiary alicyclic amines) is 1. The molecular weight excluding hydrogens is 695 g/mol. The smallest absolute Gasteiger partial charge is 0.315 e. The number of rotatable bonds is 14. The molecule has 0 aromatic rings. The highest BCUT2D eigenvalue weighted by atomic mass is 32.2. The zero-order chi connectivity index (χ0) is 39.0. The third-order valence-electron chi connectivity index (χ3n) is 13.4. The number of amides is 5. The maximum Gasteiger partial charge on any atom is 0.315 e. The van der Waals surface area contributed by atoms with Gasteiger partial charge in [0.1, 0.15) is 12.1 Å². The number of hydrogen-bond donors (Lipinski definition) is 4. The second kappa shape index (κ2) is 15.8. The third kappa shape index (κ3) is 9.23. The van der Waals surface area contributed by atoms with E-state index in [0.717, 1.165) is 77.0 Å². The van der Waals surface area contributed by atoms with E-state index in [1.165, 1.54) is 0 Å². The highest BCUT2D eigenvalue weighted by molar-refractivity contribution is 7.92. The molecular formula is C40H67N5O7S. The molecule has 1 unspecified atom stereocenters. The van der Waals surface area contributed by atoms with Crippen LogP contribution < -0.4 is 21.3 Å². The molecule has 0 radical (unpaired) electrons. The predicted octanol–water partition coefficient (Wildman–Crippen LogP) is 4.94. The molecule has 5 fully saturated rings. The summed E-state index contributed by atoms with van der Waals surface area (Å²) < 4.78 is 26.0. The number of urea groups is 1. The van der Waals surface area contributed by atoms with Crippen molar-refractivity contribution in [3.05, 3.63) is 0 Å². The van der Waals surface area contributed by atoms with Gasteiger partial charge in [-0.1, -0.05) is 79.1 Å². The summed E-state index contributed by atoms with van der Waals surface area (Å²) in [6.07, 6.45) is 12.1. The number of carbonyl (C=O) groups excluding carboxylic acids is 5. The van der Waals surface area contributed by atoms with Crippen molar-refractivity contribution in [3.63, 3.8) is 0 Å². The van der Waals surface area contributed by atoms with Crippen LogP contribution in [0.25, 0.3) is 0 Å². The van der Waals surface area contributed by atoms with Crippen molar-refractivity contribution in [1.29, 1.82) is 0 Å². The summed E-state index contributed by atoms with van der Waals surface area (Å²) in [6.45, 7) is 13.7. The first-order valence-electron chi connectivity index (χ1n) is 20.5. The van der Waals surface area contributed by atoms with E-state index in [1.54, 1.807) is 25.7 Å². The molecule has 5 rings (SSSR count). The van der Waals surface area contributed by atoms with Gasteiger partial charge >= 0.3 is 6.03 Å². The number of sulfone groups is 1. The van der Waals surface area contributed by atoms with Crippen molar-refractivity contribution >= 4 is 39.4 Å². The summed E-state index contributed by atoms with van der Waals surface area (Å²) in [6, 6.07) is -3.33. The Hall–Kier alpha value is -2.70. The van der Waals surface area contributed by atoms with Crippen LogP contribution in [-0.2, 0) is 29.0 Å². The first-order valence-corrected chi connectivity index (χ1v) is 22.1. The molecule has 13 heteroatoms. The Morgan fingerprint density at radius 1 is 0.868 bits per heavy atom. The monoisotopic (exact) mass is 761 g/mol. The van der Waals surface area contributed by atoms with Crippen LogP contribution in [0, 0.1) is 22.7 Å². The molecule has 4 aliphatic carbocycles. The van der Waals surface area contributed by atoms with Gasteiger partial charge in [0.2, 0.25) is 17.6 Å². The quantitative estimate of drug-likeness (QED) is 0.182. The Balaban J connectivity index is 1.41. The Labute approximate surface area is 317 Å². The van der Waals surface area contributed by atoms with E-state index in [1.807, 2.05) is 13.8 Å². The molecule has 0 spiro atoms. The van der Waals surface area contributed by atoms with E-state index in [-0.39, 0.29) is 35.0 Å². The highest BCUT2D eigenvalue weighted by Gasteiger charge is 2.61. The molecule has 0 aromatic heterocycles. The first kappa shape index (κ1) is 41.5. The lowest BCUT2D eigenvalue weighted by Crippen LogP contribution is -2.64.